The second-order valence-electron chi connectivity index (χ2n) is 5.21. The lowest BCUT2D eigenvalue weighted by Crippen LogP contribution is -2.43. The van der Waals surface area contributed by atoms with Gasteiger partial charge in [0.15, 0.2) is 5.82 Å². The van der Waals surface area contributed by atoms with Crippen LogP contribution < -0.4 is 10.2 Å². The molecule has 3 rings (SSSR count). The van der Waals surface area contributed by atoms with Crippen molar-refractivity contribution in [2.24, 2.45) is 7.05 Å². The molecule has 1 aliphatic rings. The summed E-state index contributed by atoms with van der Waals surface area (Å²) < 4.78 is 3.08. The van der Waals surface area contributed by atoms with Crippen LogP contribution in [-0.4, -0.2) is 36.0 Å². The minimum atomic E-state index is 1.02. The molecule has 1 aromatic carbocycles. The molecule has 1 aliphatic heterocycles. The molecule has 1 fully saturated rings. The van der Waals surface area contributed by atoms with Gasteiger partial charge in [-0.3, -0.25) is 4.68 Å². The molecule has 0 atom stereocenters. The number of nitrogens with zero attached hydrogens (tertiary/aromatic N) is 3. The van der Waals surface area contributed by atoms with E-state index in [0.29, 0.717) is 0 Å². The van der Waals surface area contributed by atoms with Crippen molar-refractivity contribution in [1.29, 1.82) is 0 Å². The first-order valence-electron chi connectivity index (χ1n) is 6.91. The highest BCUT2D eigenvalue weighted by Crippen LogP contribution is 2.29. The van der Waals surface area contributed by atoms with Crippen LogP contribution in [0.1, 0.15) is 5.56 Å². The first kappa shape index (κ1) is 13.6. The van der Waals surface area contributed by atoms with Gasteiger partial charge in [-0.05, 0) is 24.6 Å². The van der Waals surface area contributed by atoms with E-state index in [1.165, 1.54) is 11.1 Å². The zero-order valence-corrected chi connectivity index (χ0v) is 13.4. The lowest BCUT2D eigenvalue weighted by atomic mass is 10.1. The van der Waals surface area contributed by atoms with E-state index >= 15 is 0 Å². The number of aryl methyl sites for hydroxylation is 2. The third-order valence-electron chi connectivity index (χ3n) is 3.78. The normalized spacial score (nSPS) is 15.7. The monoisotopic (exact) mass is 334 g/mol. The second kappa shape index (κ2) is 5.58. The fourth-order valence-corrected chi connectivity index (χ4v) is 2.98. The summed E-state index contributed by atoms with van der Waals surface area (Å²) in [7, 11) is 2.02. The molecule has 5 heteroatoms. The number of piperazine rings is 1. The number of hydrogen-bond acceptors (Lipinski definition) is 3. The van der Waals surface area contributed by atoms with Crippen molar-refractivity contribution in [2.45, 2.75) is 6.92 Å². The molecule has 0 radical (unpaired) electrons. The highest BCUT2D eigenvalue weighted by Gasteiger charge is 2.16. The van der Waals surface area contributed by atoms with E-state index in [-0.39, 0.29) is 0 Å². The van der Waals surface area contributed by atoms with Gasteiger partial charge in [0.1, 0.15) is 0 Å². The van der Waals surface area contributed by atoms with Crippen LogP contribution in [0.3, 0.4) is 0 Å². The predicted octanol–water partition coefficient (Wildman–Crippen LogP) is 2.57. The first-order valence-corrected chi connectivity index (χ1v) is 7.70. The van der Waals surface area contributed by atoms with Crippen LogP contribution >= 0.6 is 15.9 Å². The molecule has 106 valence electrons. The molecule has 0 bridgehead atoms. The van der Waals surface area contributed by atoms with Crippen LogP contribution in [-0.2, 0) is 7.05 Å². The molecule has 0 amide bonds. The summed E-state index contributed by atoms with van der Waals surface area (Å²) in [6.45, 7) is 6.24. The van der Waals surface area contributed by atoms with Gasteiger partial charge in [0, 0.05) is 49.3 Å². The topological polar surface area (TPSA) is 33.1 Å². The Morgan fingerprint density at radius 2 is 1.95 bits per heavy atom. The van der Waals surface area contributed by atoms with Crippen molar-refractivity contribution >= 4 is 21.7 Å². The van der Waals surface area contributed by atoms with Crippen molar-refractivity contribution in [3.8, 4) is 11.3 Å². The maximum Gasteiger partial charge on any atom is 0.151 e. The maximum atomic E-state index is 4.68. The average molecular weight is 335 g/mol. The number of rotatable bonds is 2. The minimum absolute atomic E-state index is 1.02. The summed E-state index contributed by atoms with van der Waals surface area (Å²) >= 11 is 3.55. The van der Waals surface area contributed by atoms with E-state index in [2.05, 4.69) is 62.4 Å². The van der Waals surface area contributed by atoms with Crippen molar-refractivity contribution in [1.82, 2.24) is 15.1 Å². The van der Waals surface area contributed by atoms with Gasteiger partial charge in [-0.2, -0.15) is 5.10 Å². The highest BCUT2D eigenvalue weighted by molar-refractivity contribution is 9.10. The molecule has 1 N–H and O–H groups in total. The van der Waals surface area contributed by atoms with E-state index in [9.17, 15) is 0 Å². The average Bonchev–Trinajstić information content (AvgIpc) is 2.84. The molecule has 4 nitrogen and oxygen atoms in total. The zero-order valence-electron chi connectivity index (χ0n) is 11.9. The van der Waals surface area contributed by atoms with Gasteiger partial charge in [0.25, 0.3) is 0 Å². The fourth-order valence-electron chi connectivity index (χ4n) is 2.62. The van der Waals surface area contributed by atoms with E-state index in [0.717, 1.165) is 42.2 Å². The van der Waals surface area contributed by atoms with Gasteiger partial charge in [0.05, 0.1) is 5.69 Å². The Hall–Kier alpha value is -1.33. The van der Waals surface area contributed by atoms with E-state index in [4.69, 9.17) is 0 Å². The Morgan fingerprint density at radius 1 is 1.20 bits per heavy atom. The molecule has 2 heterocycles. The Balaban J connectivity index is 1.98. The molecule has 2 aromatic rings. The fraction of sp³-hybridized carbons (Fsp3) is 0.400. The van der Waals surface area contributed by atoms with Crippen molar-refractivity contribution in [3.63, 3.8) is 0 Å². The van der Waals surface area contributed by atoms with Crippen molar-refractivity contribution in [3.05, 3.63) is 34.3 Å². The smallest absolute Gasteiger partial charge is 0.151 e. The lowest BCUT2D eigenvalue weighted by molar-refractivity contribution is 0.581. The third-order valence-corrected chi connectivity index (χ3v) is 4.28. The molecule has 20 heavy (non-hydrogen) atoms. The van der Waals surface area contributed by atoms with Crippen molar-refractivity contribution in [2.75, 3.05) is 31.1 Å². The maximum absolute atomic E-state index is 4.68. The van der Waals surface area contributed by atoms with Crippen molar-refractivity contribution < 1.29 is 0 Å². The molecule has 1 aromatic heterocycles. The van der Waals surface area contributed by atoms with Gasteiger partial charge in [-0.25, -0.2) is 0 Å². The van der Waals surface area contributed by atoms with Gasteiger partial charge < -0.3 is 10.2 Å². The molecule has 0 unspecified atom stereocenters. The Labute approximate surface area is 127 Å². The lowest BCUT2D eigenvalue weighted by Gasteiger charge is -2.27. The summed E-state index contributed by atoms with van der Waals surface area (Å²) in [5.74, 6) is 1.07. The summed E-state index contributed by atoms with van der Waals surface area (Å²) in [5.41, 5.74) is 3.66. The number of hydrogen-bond donors (Lipinski definition) is 1. The van der Waals surface area contributed by atoms with Crippen LogP contribution in [0.5, 0.6) is 0 Å². The molecule has 0 saturated carbocycles. The van der Waals surface area contributed by atoms with Gasteiger partial charge >= 0.3 is 0 Å². The van der Waals surface area contributed by atoms with Gasteiger partial charge in [-0.15, -0.1) is 0 Å². The number of benzene rings is 1. The standard InChI is InChI=1S/C15H19BrN4/c1-11-3-4-12(16)9-13(11)14-10-15(18-19(14)2)20-7-5-17-6-8-20/h3-4,9-10,17H,5-8H2,1-2H3. The molecule has 0 aliphatic carbocycles. The zero-order chi connectivity index (χ0) is 14.1. The number of nitrogens with one attached hydrogen (secondary N) is 1. The Kier molecular flexibility index (Phi) is 3.81. The number of anilines is 1. The van der Waals surface area contributed by atoms with Gasteiger partial charge in [0.2, 0.25) is 0 Å². The largest absolute Gasteiger partial charge is 0.353 e. The quantitative estimate of drug-likeness (QED) is 0.916. The van der Waals surface area contributed by atoms with E-state index < -0.39 is 0 Å². The predicted molar refractivity (Wildman–Crippen MR) is 86.2 cm³/mol. The third kappa shape index (κ3) is 2.60. The summed E-state index contributed by atoms with van der Waals surface area (Å²) in [6, 6.07) is 8.57. The van der Waals surface area contributed by atoms with Crippen LogP contribution in [0.25, 0.3) is 11.3 Å². The first-order chi connectivity index (χ1) is 9.65. The molecular formula is C15H19BrN4. The SMILES string of the molecule is Cc1ccc(Br)cc1-c1cc(N2CCNCC2)nn1C. The summed E-state index contributed by atoms with van der Waals surface area (Å²) in [4.78, 5) is 2.34. The van der Waals surface area contributed by atoms with E-state index in [1.807, 2.05) is 11.7 Å². The minimum Gasteiger partial charge on any atom is -0.353 e. The summed E-state index contributed by atoms with van der Waals surface area (Å²) in [5, 5.41) is 8.05. The number of halogens is 1. The highest BCUT2D eigenvalue weighted by atomic mass is 79.9. The molecular weight excluding hydrogens is 316 g/mol. The van der Waals surface area contributed by atoms with Crippen LogP contribution in [0, 0.1) is 6.92 Å². The Morgan fingerprint density at radius 3 is 2.70 bits per heavy atom. The molecule has 0 spiro atoms. The van der Waals surface area contributed by atoms with Crippen LogP contribution in [0.2, 0.25) is 0 Å². The van der Waals surface area contributed by atoms with Gasteiger partial charge in [-0.1, -0.05) is 22.0 Å². The van der Waals surface area contributed by atoms with Crippen LogP contribution in [0.4, 0.5) is 5.82 Å². The summed E-state index contributed by atoms with van der Waals surface area (Å²) in [6.07, 6.45) is 0. The Bertz CT molecular complexity index is 614. The van der Waals surface area contributed by atoms with E-state index in [1.54, 1.807) is 0 Å². The second-order valence-corrected chi connectivity index (χ2v) is 6.12. The molecule has 1 saturated heterocycles. The van der Waals surface area contributed by atoms with Crippen LogP contribution in [0.15, 0.2) is 28.7 Å². The number of aromatic nitrogens is 2.